The Bertz CT molecular complexity index is 698. The van der Waals surface area contributed by atoms with Crippen molar-refractivity contribution in [3.8, 4) is 5.75 Å². The fraction of sp³-hybridized carbons (Fsp3) is 0.421. The van der Waals surface area contributed by atoms with E-state index in [1.54, 1.807) is 5.38 Å². The minimum absolute atomic E-state index is 0.0128. The van der Waals surface area contributed by atoms with E-state index in [0.717, 1.165) is 24.2 Å². The zero-order valence-corrected chi connectivity index (χ0v) is 15.3. The van der Waals surface area contributed by atoms with Crippen LogP contribution in [0.25, 0.3) is 0 Å². The Morgan fingerprint density at radius 1 is 1.30 bits per heavy atom. The van der Waals surface area contributed by atoms with Crippen LogP contribution < -0.4 is 0 Å². The summed E-state index contributed by atoms with van der Waals surface area (Å²) in [6.45, 7) is 9.93. The number of carbonyl (C=O) groups is 1. The molecule has 23 heavy (non-hydrogen) atoms. The van der Waals surface area contributed by atoms with Gasteiger partial charge in [0.05, 0.1) is 4.88 Å². The van der Waals surface area contributed by atoms with Crippen LogP contribution in [-0.4, -0.2) is 29.4 Å². The highest BCUT2D eigenvalue weighted by Gasteiger charge is 2.28. The van der Waals surface area contributed by atoms with Gasteiger partial charge in [0.1, 0.15) is 5.75 Å². The van der Waals surface area contributed by atoms with Gasteiger partial charge in [-0.3, -0.25) is 4.79 Å². The first-order chi connectivity index (χ1) is 10.7. The van der Waals surface area contributed by atoms with Crippen LogP contribution in [-0.2, 0) is 12.0 Å². The number of rotatable bonds is 5. The Hall–Kier alpha value is -1.65. The van der Waals surface area contributed by atoms with Crippen LogP contribution >= 0.6 is 11.3 Å². The van der Waals surface area contributed by atoms with Gasteiger partial charge in [-0.2, -0.15) is 0 Å². The van der Waals surface area contributed by atoms with Crippen LogP contribution in [0.4, 0.5) is 0 Å². The van der Waals surface area contributed by atoms with E-state index in [1.807, 2.05) is 45.0 Å². The number of ketones is 1. The van der Waals surface area contributed by atoms with E-state index in [4.69, 9.17) is 0 Å². The van der Waals surface area contributed by atoms with Crippen LogP contribution in [0.2, 0.25) is 0 Å². The third-order valence-electron chi connectivity index (χ3n) is 3.91. The summed E-state index contributed by atoms with van der Waals surface area (Å²) in [5.74, 6) is 0.203. The highest BCUT2D eigenvalue weighted by Crippen LogP contribution is 2.39. The Balaban J connectivity index is 2.37. The molecule has 0 amide bonds. The molecule has 1 heterocycles. The highest BCUT2D eigenvalue weighted by molar-refractivity contribution is 7.12. The van der Waals surface area contributed by atoms with E-state index in [2.05, 4.69) is 18.9 Å². The fourth-order valence-corrected chi connectivity index (χ4v) is 3.71. The summed E-state index contributed by atoms with van der Waals surface area (Å²) < 4.78 is 0. The van der Waals surface area contributed by atoms with Crippen molar-refractivity contribution < 1.29 is 9.90 Å². The number of thiophene rings is 1. The Kier molecular flexibility index (Phi) is 5.27. The average molecular weight is 331 g/mol. The summed E-state index contributed by atoms with van der Waals surface area (Å²) in [4.78, 5) is 15.8. The van der Waals surface area contributed by atoms with Gasteiger partial charge in [0.2, 0.25) is 5.78 Å². The lowest BCUT2D eigenvalue weighted by Crippen LogP contribution is -2.17. The van der Waals surface area contributed by atoms with Gasteiger partial charge in [0.25, 0.3) is 0 Å². The van der Waals surface area contributed by atoms with Gasteiger partial charge in [-0.05, 0) is 30.6 Å². The van der Waals surface area contributed by atoms with E-state index < -0.39 is 0 Å². The monoisotopic (exact) mass is 331 g/mol. The Labute approximate surface area is 142 Å². The molecule has 0 spiro atoms. The van der Waals surface area contributed by atoms with E-state index in [9.17, 15) is 9.90 Å². The minimum atomic E-state index is -0.269. The van der Waals surface area contributed by atoms with E-state index in [0.29, 0.717) is 10.4 Å². The van der Waals surface area contributed by atoms with Crippen molar-refractivity contribution in [2.75, 3.05) is 13.6 Å². The van der Waals surface area contributed by atoms with Gasteiger partial charge >= 0.3 is 0 Å². The molecule has 0 aliphatic rings. The van der Waals surface area contributed by atoms with Crippen molar-refractivity contribution in [3.05, 3.63) is 51.2 Å². The maximum atomic E-state index is 12.9. The summed E-state index contributed by atoms with van der Waals surface area (Å²) >= 11 is 1.32. The zero-order chi connectivity index (χ0) is 17.2. The summed E-state index contributed by atoms with van der Waals surface area (Å²) in [7, 11) is 2.06. The summed E-state index contributed by atoms with van der Waals surface area (Å²) in [5, 5.41) is 11.8. The second-order valence-corrected chi connectivity index (χ2v) is 7.81. The Morgan fingerprint density at radius 2 is 2.00 bits per heavy atom. The lowest BCUT2D eigenvalue weighted by Gasteiger charge is -2.20. The van der Waals surface area contributed by atoms with Crippen molar-refractivity contribution in [1.29, 1.82) is 0 Å². The molecule has 2 rings (SSSR count). The van der Waals surface area contributed by atoms with Crippen molar-refractivity contribution in [3.63, 3.8) is 0 Å². The van der Waals surface area contributed by atoms with E-state index >= 15 is 0 Å². The molecule has 4 heteroatoms. The molecule has 0 atom stereocenters. The minimum Gasteiger partial charge on any atom is -0.507 e. The van der Waals surface area contributed by atoms with Gasteiger partial charge in [-0.1, -0.05) is 45.9 Å². The van der Waals surface area contributed by atoms with Crippen molar-refractivity contribution in [2.45, 2.75) is 39.7 Å². The molecule has 0 unspecified atom stereocenters. The molecule has 0 aliphatic heterocycles. The predicted octanol–water partition coefficient (Wildman–Crippen LogP) is 4.43. The molecule has 1 aromatic heterocycles. The molecule has 2 aromatic rings. The van der Waals surface area contributed by atoms with Crippen molar-refractivity contribution in [1.82, 2.24) is 4.90 Å². The number of benzene rings is 1. The lowest BCUT2D eigenvalue weighted by molar-refractivity contribution is 0.104. The number of nitrogens with zero attached hydrogens (tertiary/aromatic N) is 1. The van der Waals surface area contributed by atoms with Gasteiger partial charge in [-0.15, -0.1) is 11.3 Å². The number of carbonyl (C=O) groups excluding carboxylic acids is 1. The number of aromatic hydroxyl groups is 1. The first kappa shape index (κ1) is 17.7. The van der Waals surface area contributed by atoms with Gasteiger partial charge in [0.15, 0.2) is 0 Å². The zero-order valence-electron chi connectivity index (χ0n) is 14.5. The predicted molar refractivity (Wildman–Crippen MR) is 96.6 cm³/mol. The summed E-state index contributed by atoms with van der Waals surface area (Å²) in [5.41, 5.74) is 2.27. The third-order valence-corrected chi connectivity index (χ3v) is 4.88. The van der Waals surface area contributed by atoms with Gasteiger partial charge < -0.3 is 10.0 Å². The van der Waals surface area contributed by atoms with E-state index in [-0.39, 0.29) is 16.9 Å². The topological polar surface area (TPSA) is 40.5 Å². The van der Waals surface area contributed by atoms with Crippen LogP contribution in [0, 0.1) is 0 Å². The maximum absolute atomic E-state index is 12.9. The molecule has 0 saturated carbocycles. The van der Waals surface area contributed by atoms with Crippen molar-refractivity contribution in [2.24, 2.45) is 0 Å². The molecule has 124 valence electrons. The molecule has 0 bridgehead atoms. The summed E-state index contributed by atoms with van der Waals surface area (Å²) in [6.07, 6.45) is 0. The molecule has 0 saturated heterocycles. The van der Waals surface area contributed by atoms with Gasteiger partial charge in [0, 0.05) is 23.1 Å². The molecule has 0 fully saturated rings. The highest BCUT2D eigenvalue weighted by atomic mass is 32.1. The lowest BCUT2D eigenvalue weighted by atomic mass is 9.85. The molecule has 0 aliphatic carbocycles. The first-order valence-corrected chi connectivity index (χ1v) is 8.75. The second-order valence-electron chi connectivity index (χ2n) is 6.93. The Morgan fingerprint density at radius 3 is 2.61 bits per heavy atom. The molecule has 3 nitrogen and oxygen atoms in total. The fourth-order valence-electron chi connectivity index (χ4n) is 2.61. The van der Waals surface area contributed by atoms with Crippen LogP contribution in [0.15, 0.2) is 29.6 Å². The average Bonchev–Trinajstić information content (AvgIpc) is 2.88. The quantitative estimate of drug-likeness (QED) is 0.824. The molecular formula is C19H25NO2S. The molecule has 1 aromatic carbocycles. The van der Waals surface area contributed by atoms with Gasteiger partial charge in [-0.25, -0.2) is 0 Å². The molecule has 1 N–H and O–H groups in total. The number of hydrogen-bond acceptors (Lipinski definition) is 4. The smallest absolute Gasteiger partial charge is 0.203 e. The molecule has 0 radical (unpaired) electrons. The summed E-state index contributed by atoms with van der Waals surface area (Å²) in [6, 6.07) is 7.77. The second kappa shape index (κ2) is 6.85. The van der Waals surface area contributed by atoms with E-state index in [1.165, 1.54) is 11.3 Å². The van der Waals surface area contributed by atoms with Crippen LogP contribution in [0.1, 0.15) is 54.1 Å². The first-order valence-electron chi connectivity index (χ1n) is 7.87. The SMILES string of the molecule is CCN(C)Cc1cccc(C(=O)c2scc(O)c2C(C)(C)C)c1. The maximum Gasteiger partial charge on any atom is 0.203 e. The molecular weight excluding hydrogens is 306 g/mol. The van der Waals surface area contributed by atoms with Crippen LogP contribution in [0.5, 0.6) is 5.75 Å². The largest absolute Gasteiger partial charge is 0.507 e. The van der Waals surface area contributed by atoms with Crippen molar-refractivity contribution >= 4 is 17.1 Å². The standard InChI is InChI=1S/C19H25NO2S/c1-6-20(5)11-13-8-7-9-14(10-13)17(22)18-16(19(2,3)4)15(21)12-23-18/h7-10,12,21H,6,11H2,1-5H3. The third kappa shape index (κ3) is 4.01. The normalized spacial score (nSPS) is 11.9. The van der Waals surface area contributed by atoms with Crippen LogP contribution in [0.3, 0.4) is 0 Å². The number of hydrogen-bond donors (Lipinski definition) is 1.